The lowest BCUT2D eigenvalue weighted by atomic mass is 10.2. The summed E-state index contributed by atoms with van der Waals surface area (Å²) in [5.41, 5.74) is 0. The van der Waals surface area contributed by atoms with Crippen LogP contribution in [0, 0.1) is 0 Å². The second-order valence-corrected chi connectivity index (χ2v) is 6.07. The van der Waals surface area contributed by atoms with Gasteiger partial charge in [0, 0.05) is 46.1 Å². The van der Waals surface area contributed by atoms with Crippen LogP contribution in [0.1, 0.15) is 52.4 Å². The fourth-order valence-corrected chi connectivity index (χ4v) is 2.42. The number of guanidine groups is 1. The summed E-state index contributed by atoms with van der Waals surface area (Å²) in [7, 11) is 0. The first kappa shape index (κ1) is 21.2. The molecule has 142 valence electrons. The molecule has 0 spiro atoms. The predicted octanol–water partition coefficient (Wildman–Crippen LogP) is 2.33. The Balaban J connectivity index is 1.99. The Morgan fingerprint density at radius 3 is 2.67 bits per heavy atom. The number of ether oxygens (including phenoxy) is 3. The number of unbranched alkanes of at least 4 members (excludes halogenated alkanes) is 1. The van der Waals surface area contributed by atoms with Gasteiger partial charge in [-0.2, -0.15) is 0 Å². The van der Waals surface area contributed by atoms with Gasteiger partial charge >= 0.3 is 0 Å². The van der Waals surface area contributed by atoms with Gasteiger partial charge in [-0.05, 0) is 39.0 Å². The number of nitrogens with one attached hydrogen (secondary N) is 2. The first-order valence-electron chi connectivity index (χ1n) is 9.66. The second kappa shape index (κ2) is 15.7. The molecule has 1 fully saturated rings. The summed E-state index contributed by atoms with van der Waals surface area (Å²) in [4.78, 5) is 4.57. The molecule has 0 aliphatic carbocycles. The zero-order valence-electron chi connectivity index (χ0n) is 15.6. The highest BCUT2D eigenvalue weighted by Crippen LogP contribution is 2.11. The Kier molecular flexibility index (Phi) is 13.8. The van der Waals surface area contributed by atoms with Gasteiger partial charge in [0.05, 0.1) is 12.7 Å². The highest BCUT2D eigenvalue weighted by molar-refractivity contribution is 5.79. The van der Waals surface area contributed by atoms with Crippen molar-refractivity contribution in [1.82, 2.24) is 10.6 Å². The first-order chi connectivity index (χ1) is 11.9. The Morgan fingerprint density at radius 1 is 1.08 bits per heavy atom. The monoisotopic (exact) mass is 343 g/mol. The van der Waals surface area contributed by atoms with Crippen LogP contribution >= 0.6 is 0 Å². The third-order valence-electron chi connectivity index (χ3n) is 3.79. The van der Waals surface area contributed by atoms with Crippen molar-refractivity contribution in [2.45, 2.75) is 58.5 Å². The van der Waals surface area contributed by atoms with E-state index in [2.05, 4.69) is 29.5 Å². The van der Waals surface area contributed by atoms with Gasteiger partial charge < -0.3 is 24.8 Å². The summed E-state index contributed by atoms with van der Waals surface area (Å²) in [6, 6.07) is 0. The molecule has 1 atom stereocenters. The van der Waals surface area contributed by atoms with E-state index in [1.807, 2.05) is 0 Å². The fourth-order valence-electron chi connectivity index (χ4n) is 2.42. The Bertz CT molecular complexity index is 308. The van der Waals surface area contributed by atoms with Crippen molar-refractivity contribution in [2.24, 2.45) is 4.99 Å². The van der Waals surface area contributed by atoms with Crippen molar-refractivity contribution >= 4 is 5.96 Å². The largest absolute Gasteiger partial charge is 0.381 e. The maximum atomic E-state index is 5.65. The SMILES string of the molecule is CCCCOCCCNC(=NCCCOCC1CCCO1)NCC. The van der Waals surface area contributed by atoms with Gasteiger partial charge in [0.1, 0.15) is 0 Å². The number of nitrogens with zero attached hydrogens (tertiary/aromatic N) is 1. The summed E-state index contributed by atoms with van der Waals surface area (Å²) in [5, 5.41) is 6.61. The zero-order chi connectivity index (χ0) is 17.3. The molecule has 0 bridgehead atoms. The molecule has 1 heterocycles. The molecule has 0 aromatic heterocycles. The Morgan fingerprint density at radius 2 is 1.92 bits per heavy atom. The van der Waals surface area contributed by atoms with Crippen molar-refractivity contribution in [1.29, 1.82) is 0 Å². The van der Waals surface area contributed by atoms with E-state index in [4.69, 9.17) is 14.2 Å². The molecule has 1 aliphatic rings. The highest BCUT2D eigenvalue weighted by Gasteiger charge is 2.14. The minimum Gasteiger partial charge on any atom is -0.381 e. The molecule has 1 rings (SSSR count). The summed E-state index contributed by atoms with van der Waals surface area (Å²) >= 11 is 0. The molecular weight excluding hydrogens is 306 g/mol. The van der Waals surface area contributed by atoms with Crippen LogP contribution in [0.4, 0.5) is 0 Å². The van der Waals surface area contributed by atoms with Crippen molar-refractivity contribution in [2.75, 3.05) is 52.7 Å². The van der Waals surface area contributed by atoms with Crippen molar-refractivity contribution < 1.29 is 14.2 Å². The molecule has 1 aliphatic heterocycles. The van der Waals surface area contributed by atoms with Crippen LogP contribution in [0.15, 0.2) is 4.99 Å². The van der Waals surface area contributed by atoms with Gasteiger partial charge in [-0.3, -0.25) is 4.99 Å². The molecule has 24 heavy (non-hydrogen) atoms. The summed E-state index contributed by atoms with van der Waals surface area (Å²) in [6.07, 6.45) is 6.88. The number of hydrogen-bond donors (Lipinski definition) is 2. The lowest BCUT2D eigenvalue weighted by Gasteiger charge is -2.12. The highest BCUT2D eigenvalue weighted by atomic mass is 16.5. The number of aliphatic imine (C=N–C) groups is 1. The maximum Gasteiger partial charge on any atom is 0.191 e. The molecule has 0 aromatic rings. The van der Waals surface area contributed by atoms with Gasteiger partial charge in [-0.1, -0.05) is 13.3 Å². The van der Waals surface area contributed by atoms with E-state index in [1.54, 1.807) is 0 Å². The van der Waals surface area contributed by atoms with Crippen LogP contribution in [0.2, 0.25) is 0 Å². The molecule has 6 heteroatoms. The molecule has 1 saturated heterocycles. The van der Waals surface area contributed by atoms with Gasteiger partial charge in [0.2, 0.25) is 0 Å². The van der Waals surface area contributed by atoms with Gasteiger partial charge in [0.15, 0.2) is 5.96 Å². The molecule has 0 aromatic carbocycles. The third-order valence-corrected chi connectivity index (χ3v) is 3.79. The molecule has 0 radical (unpaired) electrons. The summed E-state index contributed by atoms with van der Waals surface area (Å²) < 4.78 is 16.7. The first-order valence-corrected chi connectivity index (χ1v) is 9.66. The number of rotatable bonds is 14. The quantitative estimate of drug-likeness (QED) is 0.288. The lowest BCUT2D eigenvalue weighted by Crippen LogP contribution is -2.38. The van der Waals surface area contributed by atoms with Gasteiger partial charge in [-0.15, -0.1) is 0 Å². The normalized spacial score (nSPS) is 18.1. The maximum absolute atomic E-state index is 5.65. The molecule has 0 saturated carbocycles. The molecular formula is C18H37N3O3. The standard InChI is InChI=1S/C18H37N3O3/c1-3-5-12-22-13-7-10-20-18(19-4-2)21-11-8-14-23-16-17-9-6-15-24-17/h17H,3-16H2,1-2H3,(H2,19,20,21). The van der Waals surface area contributed by atoms with Gasteiger partial charge in [0.25, 0.3) is 0 Å². The Hall–Kier alpha value is -0.850. The predicted molar refractivity (Wildman–Crippen MR) is 98.7 cm³/mol. The number of hydrogen-bond acceptors (Lipinski definition) is 4. The van der Waals surface area contributed by atoms with E-state index in [9.17, 15) is 0 Å². The second-order valence-electron chi connectivity index (χ2n) is 6.07. The van der Waals surface area contributed by atoms with E-state index in [0.717, 1.165) is 84.3 Å². The minimum atomic E-state index is 0.312. The van der Waals surface area contributed by atoms with Crippen LogP contribution < -0.4 is 10.6 Å². The van der Waals surface area contributed by atoms with Crippen LogP contribution in [0.3, 0.4) is 0 Å². The topological polar surface area (TPSA) is 64.1 Å². The van der Waals surface area contributed by atoms with E-state index < -0.39 is 0 Å². The van der Waals surface area contributed by atoms with Crippen LogP contribution in [0.5, 0.6) is 0 Å². The molecule has 1 unspecified atom stereocenters. The smallest absolute Gasteiger partial charge is 0.191 e. The van der Waals surface area contributed by atoms with Crippen LogP contribution in [-0.4, -0.2) is 64.7 Å². The summed E-state index contributed by atoms with van der Waals surface area (Å²) in [5.74, 6) is 0.880. The minimum absolute atomic E-state index is 0.312. The molecule has 2 N–H and O–H groups in total. The van der Waals surface area contributed by atoms with E-state index in [-0.39, 0.29) is 0 Å². The lowest BCUT2D eigenvalue weighted by molar-refractivity contribution is 0.0171. The Labute approximate surface area is 147 Å². The molecule has 0 amide bonds. The van der Waals surface area contributed by atoms with E-state index in [1.165, 1.54) is 12.8 Å². The summed E-state index contributed by atoms with van der Waals surface area (Å²) in [6.45, 7) is 10.8. The zero-order valence-corrected chi connectivity index (χ0v) is 15.6. The third kappa shape index (κ3) is 11.6. The van der Waals surface area contributed by atoms with E-state index >= 15 is 0 Å². The van der Waals surface area contributed by atoms with Gasteiger partial charge in [-0.25, -0.2) is 0 Å². The van der Waals surface area contributed by atoms with Crippen LogP contribution in [0.25, 0.3) is 0 Å². The van der Waals surface area contributed by atoms with Crippen LogP contribution in [-0.2, 0) is 14.2 Å². The van der Waals surface area contributed by atoms with Crippen molar-refractivity contribution in [3.63, 3.8) is 0 Å². The van der Waals surface area contributed by atoms with Crippen molar-refractivity contribution in [3.05, 3.63) is 0 Å². The fraction of sp³-hybridized carbons (Fsp3) is 0.944. The van der Waals surface area contributed by atoms with Crippen molar-refractivity contribution in [3.8, 4) is 0 Å². The average Bonchev–Trinajstić information content (AvgIpc) is 3.10. The van der Waals surface area contributed by atoms with E-state index in [0.29, 0.717) is 6.10 Å². The average molecular weight is 344 g/mol. The molecule has 6 nitrogen and oxygen atoms in total.